The molecule has 0 spiro atoms. The number of aliphatic hydroxyl groups excluding tert-OH is 1. The number of hydrogen-bond donors (Lipinski definition) is 4. The zero-order valence-electron chi connectivity index (χ0n) is 26.5. The van der Waals surface area contributed by atoms with Crippen molar-refractivity contribution in [3.8, 4) is 11.5 Å². The largest absolute Gasteiger partial charge is 0.497 e. The lowest BCUT2D eigenvalue weighted by Crippen LogP contribution is -2.48. The Hall–Kier alpha value is -4.22. The van der Waals surface area contributed by atoms with Gasteiger partial charge in [-0.05, 0) is 73.6 Å². The summed E-state index contributed by atoms with van der Waals surface area (Å²) in [7, 11) is 2.91. The molecule has 6 N–H and O–H groups in total. The number of aliphatic hydroxyl groups is 1. The van der Waals surface area contributed by atoms with E-state index in [0.29, 0.717) is 24.4 Å². The van der Waals surface area contributed by atoms with Gasteiger partial charge in [-0.15, -0.1) is 0 Å². The minimum Gasteiger partial charge on any atom is -0.497 e. The molecule has 3 atom stereocenters. The third kappa shape index (κ3) is 9.15. The van der Waals surface area contributed by atoms with Gasteiger partial charge in [0.25, 0.3) is 0 Å². The number of primary amides is 1. The fraction of sp³-hybridized carbons (Fsp3) is 0.441. The number of hydrogen-bond acceptors (Lipinski definition) is 7. The fourth-order valence-electron chi connectivity index (χ4n) is 5.59. The molecule has 0 fully saturated rings. The number of methoxy groups -OCH3 is 2. The highest BCUT2D eigenvalue weighted by molar-refractivity contribution is 6.03. The molecule has 0 saturated carbocycles. The average molecular weight is 625 g/mol. The maximum absolute atomic E-state index is 14.3. The van der Waals surface area contributed by atoms with Crippen LogP contribution in [0, 0.1) is 11.2 Å². The van der Waals surface area contributed by atoms with Crippen molar-refractivity contribution >= 4 is 17.7 Å². The minimum absolute atomic E-state index is 0.00734. The number of nitrogens with two attached hydrogens (primary N) is 2. The summed E-state index contributed by atoms with van der Waals surface area (Å²) in [5.41, 5.74) is 12.1. The molecule has 11 heteroatoms. The van der Waals surface area contributed by atoms with E-state index in [1.54, 1.807) is 36.3 Å². The van der Waals surface area contributed by atoms with E-state index < -0.39 is 35.2 Å². The van der Waals surface area contributed by atoms with Gasteiger partial charge in [-0.25, -0.2) is 4.39 Å². The third-order valence-electron chi connectivity index (χ3n) is 7.90. The van der Waals surface area contributed by atoms with E-state index in [4.69, 9.17) is 20.9 Å². The summed E-state index contributed by atoms with van der Waals surface area (Å²) in [4.78, 5) is 42.1. The van der Waals surface area contributed by atoms with Gasteiger partial charge in [0.05, 0.1) is 25.7 Å². The van der Waals surface area contributed by atoms with Crippen molar-refractivity contribution in [2.75, 3.05) is 27.3 Å². The highest BCUT2D eigenvalue weighted by atomic mass is 19.1. The summed E-state index contributed by atoms with van der Waals surface area (Å²) in [5, 5.41) is 14.3. The van der Waals surface area contributed by atoms with E-state index in [0.717, 1.165) is 18.4 Å². The molecule has 2 aromatic rings. The van der Waals surface area contributed by atoms with Crippen molar-refractivity contribution in [3.05, 3.63) is 82.7 Å². The Morgan fingerprint density at radius 3 is 2.38 bits per heavy atom. The number of nitrogens with one attached hydrogen (secondary N) is 1. The van der Waals surface area contributed by atoms with Crippen molar-refractivity contribution in [1.82, 2.24) is 10.2 Å². The molecule has 0 aromatic heterocycles. The van der Waals surface area contributed by atoms with Crippen LogP contribution in [0.5, 0.6) is 11.5 Å². The molecule has 0 aliphatic heterocycles. The van der Waals surface area contributed by atoms with Crippen LogP contribution >= 0.6 is 0 Å². The van der Waals surface area contributed by atoms with Crippen LogP contribution in [0.25, 0.3) is 0 Å². The number of amides is 3. The number of benzene rings is 2. The lowest BCUT2D eigenvalue weighted by atomic mass is 9.70. The first-order valence-corrected chi connectivity index (χ1v) is 15.2. The Morgan fingerprint density at radius 1 is 1.07 bits per heavy atom. The molecule has 45 heavy (non-hydrogen) atoms. The number of carbonyl (C=O) groups excluding carboxylic acids is 3. The van der Waals surface area contributed by atoms with Crippen molar-refractivity contribution in [1.29, 1.82) is 0 Å². The van der Waals surface area contributed by atoms with Gasteiger partial charge in [0.1, 0.15) is 5.75 Å². The molecule has 0 bridgehead atoms. The summed E-state index contributed by atoms with van der Waals surface area (Å²) in [6.45, 7) is 5.04. The van der Waals surface area contributed by atoms with Crippen LogP contribution in [-0.4, -0.2) is 67.2 Å². The Labute approximate surface area is 264 Å². The maximum Gasteiger partial charge on any atom is 0.249 e. The Balaban J connectivity index is 1.98. The predicted molar refractivity (Wildman–Crippen MR) is 170 cm³/mol. The number of carbonyl (C=O) groups is 3. The van der Waals surface area contributed by atoms with Crippen LogP contribution in [0.1, 0.15) is 50.7 Å². The van der Waals surface area contributed by atoms with Crippen LogP contribution in [0.2, 0.25) is 0 Å². The van der Waals surface area contributed by atoms with Crippen LogP contribution in [0.15, 0.2) is 65.8 Å². The van der Waals surface area contributed by atoms with E-state index >= 15 is 0 Å². The van der Waals surface area contributed by atoms with Crippen LogP contribution < -0.4 is 26.3 Å². The second kappa shape index (κ2) is 16.2. The van der Waals surface area contributed by atoms with Gasteiger partial charge in [0.15, 0.2) is 11.6 Å². The smallest absolute Gasteiger partial charge is 0.249 e. The van der Waals surface area contributed by atoms with Gasteiger partial charge in [-0.2, -0.15) is 0 Å². The normalized spacial score (nSPS) is 17.4. The highest BCUT2D eigenvalue weighted by Crippen LogP contribution is 2.40. The van der Waals surface area contributed by atoms with Gasteiger partial charge >= 0.3 is 0 Å². The van der Waals surface area contributed by atoms with E-state index in [9.17, 15) is 23.9 Å². The number of ether oxygens (including phenoxy) is 2. The Morgan fingerprint density at radius 2 is 1.78 bits per heavy atom. The third-order valence-corrected chi connectivity index (χ3v) is 7.90. The molecule has 0 heterocycles. The van der Waals surface area contributed by atoms with E-state index in [-0.39, 0.29) is 48.6 Å². The minimum atomic E-state index is -1.55. The first-order chi connectivity index (χ1) is 21.5. The molecule has 10 nitrogen and oxygen atoms in total. The molecular weight excluding hydrogens is 579 g/mol. The Kier molecular flexibility index (Phi) is 12.7. The molecule has 3 rings (SSSR count). The average Bonchev–Trinajstić information content (AvgIpc) is 3.03. The standard InChI is InChI=1S/C34H45FN4O6/c1-5-12-39(13-6-2)32(42)25-17-24(31(37)41)18-34(19-25,33(43)38-21-23-8-7-9-26(14-23)44-3)20-29(40)28(36)16-22-10-11-30(45-4)27(35)15-22/h7-11,14-15,17-18,28-29,40H,5-6,12-13,16,19-21,36H2,1-4H3,(H2,37,41)(H,38,43)/t28-,29+,34?/m0/s1. The van der Waals surface area contributed by atoms with Gasteiger partial charge in [-0.1, -0.05) is 38.1 Å². The topological polar surface area (TPSA) is 157 Å². The lowest BCUT2D eigenvalue weighted by molar-refractivity contribution is -0.131. The first-order valence-electron chi connectivity index (χ1n) is 15.2. The number of nitrogens with zero attached hydrogens (tertiary/aromatic N) is 1. The molecule has 0 radical (unpaired) electrons. The SMILES string of the molecule is CCCN(CCC)C(=O)C1=CC(C(N)=O)=CC(C[C@@H](O)[C@@H](N)Cc2ccc(OC)c(F)c2)(C(=O)NCc2cccc(OC)c2)C1. The molecule has 1 unspecified atom stereocenters. The van der Waals surface area contributed by atoms with Crippen molar-refractivity contribution in [2.24, 2.45) is 16.9 Å². The van der Waals surface area contributed by atoms with Crippen LogP contribution in [0.4, 0.5) is 4.39 Å². The molecule has 2 aromatic carbocycles. The molecule has 244 valence electrons. The second-order valence-electron chi connectivity index (χ2n) is 11.4. The number of rotatable bonds is 16. The van der Waals surface area contributed by atoms with E-state index in [2.05, 4.69) is 5.32 Å². The predicted octanol–water partition coefficient (Wildman–Crippen LogP) is 3.16. The maximum atomic E-state index is 14.3. The lowest BCUT2D eigenvalue weighted by Gasteiger charge is -2.37. The quantitative estimate of drug-likeness (QED) is 0.223. The van der Waals surface area contributed by atoms with Gasteiger partial charge < -0.3 is 36.3 Å². The van der Waals surface area contributed by atoms with Crippen LogP contribution in [0.3, 0.4) is 0 Å². The van der Waals surface area contributed by atoms with Gasteiger partial charge in [-0.3, -0.25) is 14.4 Å². The molecule has 0 saturated heterocycles. The zero-order chi connectivity index (χ0) is 33.1. The van der Waals surface area contributed by atoms with Crippen molar-refractivity contribution in [2.45, 2.75) is 64.6 Å². The number of halogens is 1. The van der Waals surface area contributed by atoms with Gasteiger partial charge in [0, 0.05) is 36.8 Å². The fourth-order valence-corrected chi connectivity index (χ4v) is 5.59. The summed E-state index contributed by atoms with van der Waals surface area (Å²) >= 11 is 0. The first kappa shape index (κ1) is 35.3. The summed E-state index contributed by atoms with van der Waals surface area (Å²) < 4.78 is 24.6. The summed E-state index contributed by atoms with van der Waals surface area (Å²) in [5.74, 6) is -1.50. The van der Waals surface area contributed by atoms with Gasteiger partial charge in [0.2, 0.25) is 17.7 Å². The second-order valence-corrected chi connectivity index (χ2v) is 11.4. The van der Waals surface area contributed by atoms with Crippen molar-refractivity contribution < 1.29 is 33.4 Å². The monoisotopic (exact) mass is 624 g/mol. The highest BCUT2D eigenvalue weighted by Gasteiger charge is 2.44. The zero-order valence-corrected chi connectivity index (χ0v) is 26.5. The molecule has 3 amide bonds. The summed E-state index contributed by atoms with van der Waals surface area (Å²) in [6.07, 6.45) is 2.82. The molecule has 1 aliphatic carbocycles. The Bertz CT molecular complexity index is 1420. The molecular formula is C34H45FN4O6. The molecule has 1 aliphatic rings. The summed E-state index contributed by atoms with van der Waals surface area (Å²) in [6, 6.07) is 10.7. The van der Waals surface area contributed by atoms with Crippen LogP contribution in [-0.2, 0) is 27.3 Å². The van der Waals surface area contributed by atoms with E-state index in [1.165, 1.54) is 31.4 Å². The van der Waals surface area contributed by atoms with Crippen molar-refractivity contribution in [3.63, 3.8) is 0 Å². The van der Waals surface area contributed by atoms with E-state index in [1.807, 2.05) is 19.9 Å².